The summed E-state index contributed by atoms with van der Waals surface area (Å²) in [4.78, 5) is 25.6. The molecule has 2 heterocycles. The summed E-state index contributed by atoms with van der Waals surface area (Å²) >= 11 is 0. The van der Waals surface area contributed by atoms with Crippen LogP contribution in [0.1, 0.15) is 61.0 Å². The lowest BCUT2D eigenvalue weighted by molar-refractivity contribution is 0.102. The van der Waals surface area contributed by atoms with E-state index >= 15 is 0 Å². The Balaban J connectivity index is 1.41. The number of fused-ring (bicyclic) bond motifs is 1. The number of ether oxygens (including phenoxy) is 1. The predicted molar refractivity (Wildman–Crippen MR) is 121 cm³/mol. The fraction of sp³-hybridized carbons (Fsp3) is 0.458. The Morgan fingerprint density at radius 3 is 2.62 bits per heavy atom. The average Bonchev–Trinajstić information content (AvgIpc) is 3.57. The number of carbonyl (C=O) groups excluding carboxylic acids is 1. The highest BCUT2D eigenvalue weighted by atomic mass is 16.5. The van der Waals surface area contributed by atoms with Crippen LogP contribution in [0.25, 0.3) is 10.9 Å². The first-order valence-corrected chi connectivity index (χ1v) is 11.3. The summed E-state index contributed by atoms with van der Waals surface area (Å²) in [7, 11) is 1.55. The van der Waals surface area contributed by atoms with Gasteiger partial charge in [-0.25, -0.2) is 0 Å². The minimum absolute atomic E-state index is 0.123. The molecule has 3 aromatic rings. The highest BCUT2D eigenvalue weighted by molar-refractivity contribution is 6.06. The molecule has 8 nitrogen and oxygen atoms in total. The summed E-state index contributed by atoms with van der Waals surface area (Å²) in [6.45, 7) is 0.251. The highest BCUT2D eigenvalue weighted by Gasteiger charge is 2.26. The van der Waals surface area contributed by atoms with Crippen molar-refractivity contribution < 1.29 is 14.6 Å². The first kappa shape index (κ1) is 20.8. The molecule has 2 aliphatic carbocycles. The number of carbonyl (C=O) groups is 1. The molecule has 2 fully saturated rings. The van der Waals surface area contributed by atoms with Crippen molar-refractivity contribution in [1.82, 2.24) is 14.3 Å². The lowest BCUT2D eigenvalue weighted by atomic mass is 9.87. The van der Waals surface area contributed by atoms with Gasteiger partial charge in [0.2, 0.25) is 0 Å². The van der Waals surface area contributed by atoms with Crippen molar-refractivity contribution in [2.45, 2.75) is 50.6 Å². The van der Waals surface area contributed by atoms with Gasteiger partial charge < -0.3 is 19.7 Å². The number of nitrogens with zero attached hydrogens (tertiary/aromatic N) is 3. The Labute approximate surface area is 185 Å². The molecule has 1 aromatic carbocycles. The van der Waals surface area contributed by atoms with Gasteiger partial charge in [0.15, 0.2) is 0 Å². The maximum Gasteiger partial charge on any atom is 0.263 e. The molecule has 0 bridgehead atoms. The van der Waals surface area contributed by atoms with Gasteiger partial charge in [0.05, 0.1) is 24.4 Å². The zero-order valence-corrected chi connectivity index (χ0v) is 18.2. The monoisotopic (exact) mass is 436 g/mol. The van der Waals surface area contributed by atoms with Gasteiger partial charge in [0.1, 0.15) is 11.3 Å². The molecule has 0 saturated heterocycles. The van der Waals surface area contributed by atoms with E-state index in [9.17, 15) is 14.7 Å². The number of nitrogens with one attached hydrogen (secondary N) is 1. The molecule has 0 unspecified atom stereocenters. The van der Waals surface area contributed by atoms with Crippen molar-refractivity contribution in [1.29, 1.82) is 0 Å². The Hall–Kier alpha value is -3.13. The molecule has 0 spiro atoms. The number of amides is 1. The number of methoxy groups -OCH3 is 1. The van der Waals surface area contributed by atoms with E-state index in [0.29, 0.717) is 23.4 Å². The molecule has 2 saturated carbocycles. The standard InChI is InChI=1S/C24H28N4O4/c1-32-22-12-20-16(13-28(26-20)18-6-4-15(14-29)5-7-18)11-21(22)25-23(30)19-3-2-10-27(24(19)31)17-8-9-17/h2-3,10-13,15,17-18,29H,4-9,14H2,1H3,(H,25,30). The molecular weight excluding hydrogens is 408 g/mol. The predicted octanol–water partition coefficient (Wildman–Crippen LogP) is 3.52. The van der Waals surface area contributed by atoms with Crippen molar-refractivity contribution in [3.05, 3.63) is 52.6 Å². The quantitative estimate of drug-likeness (QED) is 0.616. The number of aliphatic hydroxyl groups excluding tert-OH is 1. The van der Waals surface area contributed by atoms with Gasteiger partial charge in [-0.15, -0.1) is 0 Å². The first-order chi connectivity index (χ1) is 15.6. The largest absolute Gasteiger partial charge is 0.494 e. The molecule has 2 N–H and O–H groups in total. The Kier molecular flexibility index (Phi) is 5.46. The number of pyridine rings is 1. The molecule has 8 heteroatoms. The Morgan fingerprint density at radius 2 is 1.94 bits per heavy atom. The van der Waals surface area contributed by atoms with Gasteiger partial charge in [-0.2, -0.15) is 5.10 Å². The first-order valence-electron chi connectivity index (χ1n) is 11.3. The van der Waals surface area contributed by atoms with Crippen LogP contribution in [0.3, 0.4) is 0 Å². The summed E-state index contributed by atoms with van der Waals surface area (Å²) in [5.74, 6) is 0.441. The van der Waals surface area contributed by atoms with Crippen molar-refractivity contribution in [2.24, 2.45) is 5.92 Å². The van der Waals surface area contributed by atoms with Gasteiger partial charge in [-0.05, 0) is 62.6 Å². The molecule has 32 heavy (non-hydrogen) atoms. The molecule has 0 atom stereocenters. The SMILES string of the molecule is COc1cc2nn(C3CCC(CO)CC3)cc2cc1NC(=O)c1cccn(C2CC2)c1=O. The van der Waals surface area contributed by atoms with Gasteiger partial charge in [-0.1, -0.05) is 0 Å². The van der Waals surface area contributed by atoms with Crippen LogP contribution < -0.4 is 15.6 Å². The van der Waals surface area contributed by atoms with E-state index in [1.807, 2.05) is 23.0 Å². The summed E-state index contributed by atoms with van der Waals surface area (Å²) in [6.07, 6.45) is 9.66. The van der Waals surface area contributed by atoms with Crippen LogP contribution >= 0.6 is 0 Å². The molecule has 1 amide bonds. The second-order valence-corrected chi connectivity index (χ2v) is 8.90. The van der Waals surface area contributed by atoms with Crippen LogP contribution in [0.2, 0.25) is 0 Å². The van der Waals surface area contributed by atoms with E-state index in [4.69, 9.17) is 9.84 Å². The smallest absolute Gasteiger partial charge is 0.263 e. The van der Waals surface area contributed by atoms with E-state index in [2.05, 4.69) is 5.32 Å². The number of rotatable bonds is 6. The number of aliphatic hydroxyl groups is 1. The Bertz CT molecular complexity index is 1200. The molecule has 2 aliphatic rings. The van der Waals surface area contributed by atoms with Crippen molar-refractivity contribution in [3.8, 4) is 5.75 Å². The summed E-state index contributed by atoms with van der Waals surface area (Å²) < 4.78 is 9.14. The Morgan fingerprint density at radius 1 is 1.19 bits per heavy atom. The second kappa shape index (κ2) is 8.43. The van der Waals surface area contributed by atoms with Crippen molar-refractivity contribution in [2.75, 3.05) is 19.0 Å². The molecular formula is C24H28N4O4. The van der Waals surface area contributed by atoms with Crippen LogP contribution in [0, 0.1) is 5.92 Å². The minimum atomic E-state index is -0.447. The molecule has 2 aromatic heterocycles. The summed E-state index contributed by atoms with van der Waals surface area (Å²) in [6, 6.07) is 7.47. The van der Waals surface area contributed by atoms with Gasteiger partial charge in [-0.3, -0.25) is 14.3 Å². The average molecular weight is 437 g/mol. The normalized spacial score (nSPS) is 20.9. The van der Waals surface area contributed by atoms with E-state index in [0.717, 1.165) is 49.4 Å². The lowest BCUT2D eigenvalue weighted by Crippen LogP contribution is -2.28. The van der Waals surface area contributed by atoms with Crippen LogP contribution in [-0.4, -0.2) is 39.1 Å². The third-order valence-corrected chi connectivity index (χ3v) is 6.70. The summed E-state index contributed by atoms with van der Waals surface area (Å²) in [5, 5.41) is 17.9. The summed E-state index contributed by atoms with van der Waals surface area (Å²) in [5.41, 5.74) is 1.16. The molecule has 5 rings (SSSR count). The van der Waals surface area contributed by atoms with E-state index < -0.39 is 5.91 Å². The molecule has 0 radical (unpaired) electrons. The number of anilines is 1. The number of hydrogen-bond acceptors (Lipinski definition) is 5. The maximum absolute atomic E-state index is 12.9. The van der Waals surface area contributed by atoms with E-state index in [-0.39, 0.29) is 23.8 Å². The van der Waals surface area contributed by atoms with Crippen LogP contribution in [0.4, 0.5) is 5.69 Å². The fourth-order valence-electron chi connectivity index (χ4n) is 4.63. The third kappa shape index (κ3) is 3.90. The number of hydrogen-bond donors (Lipinski definition) is 2. The van der Waals surface area contributed by atoms with E-state index in [1.165, 1.54) is 0 Å². The molecule has 168 valence electrons. The van der Waals surface area contributed by atoms with Crippen LogP contribution in [0.15, 0.2) is 41.5 Å². The van der Waals surface area contributed by atoms with Crippen LogP contribution in [-0.2, 0) is 0 Å². The van der Waals surface area contributed by atoms with E-state index in [1.54, 1.807) is 30.0 Å². The second-order valence-electron chi connectivity index (χ2n) is 8.90. The number of aromatic nitrogens is 3. The van der Waals surface area contributed by atoms with Crippen molar-refractivity contribution in [3.63, 3.8) is 0 Å². The topological polar surface area (TPSA) is 98.4 Å². The fourth-order valence-corrected chi connectivity index (χ4v) is 4.63. The highest BCUT2D eigenvalue weighted by Crippen LogP contribution is 2.35. The van der Waals surface area contributed by atoms with Gasteiger partial charge in [0.25, 0.3) is 11.5 Å². The molecule has 0 aliphatic heterocycles. The van der Waals surface area contributed by atoms with Crippen LogP contribution in [0.5, 0.6) is 5.75 Å². The zero-order chi connectivity index (χ0) is 22.2. The minimum Gasteiger partial charge on any atom is -0.494 e. The van der Waals surface area contributed by atoms with Crippen molar-refractivity contribution >= 4 is 22.5 Å². The maximum atomic E-state index is 12.9. The van der Waals surface area contributed by atoms with Gasteiger partial charge in [0, 0.05) is 36.5 Å². The van der Waals surface area contributed by atoms with Gasteiger partial charge >= 0.3 is 0 Å². The number of benzene rings is 1. The third-order valence-electron chi connectivity index (χ3n) is 6.70. The lowest BCUT2D eigenvalue weighted by Gasteiger charge is -2.27. The zero-order valence-electron chi connectivity index (χ0n) is 18.2.